The molecular weight excluding hydrogens is 503 g/mol. The minimum Gasteiger partial charge on any atom is -0.392 e. The maximum absolute atomic E-state index is 12.1. The van der Waals surface area contributed by atoms with Gasteiger partial charge in [-0.3, -0.25) is 9.69 Å². The normalized spacial score (nSPS) is 25.9. The largest absolute Gasteiger partial charge is 0.392 e. The highest BCUT2D eigenvalue weighted by Gasteiger charge is 2.35. The molecule has 2 aliphatic heterocycles. The number of carbonyl (C=O) groups is 1. The van der Waals surface area contributed by atoms with E-state index in [-0.39, 0.29) is 24.9 Å². The number of carbonyl (C=O) groups excluding carboxylic acids is 1. The Bertz CT molecular complexity index is 985. The SMILES string of the molecule is O=C(Nc1cccc([C@H]2O[C@@H](CN3CC[C@H](O)C3)C[C@@H](c3ccc(CO)cc3)O2)c1)C(Cl)(Cl)Cl. The summed E-state index contributed by atoms with van der Waals surface area (Å²) >= 11 is 17.0. The first-order valence-corrected chi connectivity index (χ1v) is 12.2. The van der Waals surface area contributed by atoms with E-state index in [1.54, 1.807) is 18.2 Å². The molecule has 2 heterocycles. The molecule has 0 saturated carbocycles. The molecule has 2 saturated heterocycles. The number of alkyl halides is 3. The number of amides is 1. The van der Waals surface area contributed by atoms with Gasteiger partial charge in [0.05, 0.1) is 24.9 Å². The van der Waals surface area contributed by atoms with Crippen LogP contribution in [0.4, 0.5) is 5.69 Å². The van der Waals surface area contributed by atoms with E-state index >= 15 is 0 Å². The molecule has 0 radical (unpaired) electrons. The first kappa shape index (κ1) is 25.7. The van der Waals surface area contributed by atoms with Gasteiger partial charge in [0.2, 0.25) is 0 Å². The molecule has 0 aliphatic carbocycles. The number of nitrogens with zero attached hydrogens (tertiary/aromatic N) is 1. The monoisotopic (exact) mass is 528 g/mol. The third kappa shape index (κ3) is 6.62. The zero-order valence-electron chi connectivity index (χ0n) is 18.4. The van der Waals surface area contributed by atoms with Crippen molar-refractivity contribution < 1.29 is 24.5 Å². The Balaban J connectivity index is 1.54. The smallest absolute Gasteiger partial charge is 0.276 e. The lowest BCUT2D eigenvalue weighted by molar-refractivity contribution is -0.252. The van der Waals surface area contributed by atoms with Gasteiger partial charge in [0, 0.05) is 37.3 Å². The number of aliphatic hydroxyl groups is 2. The first-order valence-electron chi connectivity index (χ1n) is 11.1. The van der Waals surface area contributed by atoms with Gasteiger partial charge in [0.15, 0.2) is 6.29 Å². The van der Waals surface area contributed by atoms with Crippen molar-refractivity contribution in [1.82, 2.24) is 4.90 Å². The van der Waals surface area contributed by atoms with Gasteiger partial charge in [0.1, 0.15) is 0 Å². The Morgan fingerprint density at radius 2 is 1.88 bits per heavy atom. The molecule has 4 atom stereocenters. The number of likely N-dealkylation sites (tertiary alicyclic amines) is 1. The molecule has 4 rings (SSSR count). The van der Waals surface area contributed by atoms with Gasteiger partial charge < -0.3 is 25.0 Å². The van der Waals surface area contributed by atoms with E-state index in [4.69, 9.17) is 44.3 Å². The number of anilines is 1. The van der Waals surface area contributed by atoms with Crippen molar-refractivity contribution in [1.29, 1.82) is 0 Å². The van der Waals surface area contributed by atoms with Crippen molar-refractivity contribution in [2.45, 2.75) is 47.8 Å². The first-order chi connectivity index (χ1) is 16.2. The van der Waals surface area contributed by atoms with Crippen LogP contribution < -0.4 is 5.32 Å². The van der Waals surface area contributed by atoms with Crippen molar-refractivity contribution in [2.24, 2.45) is 0 Å². The second-order valence-electron chi connectivity index (χ2n) is 8.63. The standard InChI is InChI=1S/C24H27Cl3N2O5/c25-24(26,27)23(32)28-18-3-1-2-17(10-18)22-33-20(13-29-9-8-19(31)12-29)11-21(34-22)16-6-4-15(14-30)5-7-16/h1-7,10,19-22,30-31H,8-9,11-14H2,(H,28,32)/t19-,20+,21-,22-/m0/s1. The Morgan fingerprint density at radius 3 is 2.53 bits per heavy atom. The number of hydrogen-bond acceptors (Lipinski definition) is 6. The van der Waals surface area contributed by atoms with Gasteiger partial charge in [-0.25, -0.2) is 0 Å². The van der Waals surface area contributed by atoms with Crippen LogP contribution in [0.1, 0.15) is 41.9 Å². The van der Waals surface area contributed by atoms with Crippen LogP contribution in [0.5, 0.6) is 0 Å². The number of rotatable bonds is 6. The quantitative estimate of drug-likeness (QED) is 0.488. The molecule has 1 amide bonds. The lowest BCUT2D eigenvalue weighted by Crippen LogP contribution is -2.38. The molecule has 34 heavy (non-hydrogen) atoms. The van der Waals surface area contributed by atoms with Crippen LogP contribution in [-0.4, -0.2) is 56.7 Å². The third-order valence-electron chi connectivity index (χ3n) is 6.00. The van der Waals surface area contributed by atoms with Crippen LogP contribution in [0.3, 0.4) is 0 Å². The molecule has 0 unspecified atom stereocenters. The summed E-state index contributed by atoms with van der Waals surface area (Å²) in [5.74, 6) is -0.757. The van der Waals surface area contributed by atoms with Crippen LogP contribution in [0.25, 0.3) is 0 Å². The molecule has 184 valence electrons. The van der Waals surface area contributed by atoms with E-state index in [9.17, 15) is 15.0 Å². The van der Waals surface area contributed by atoms with Crippen LogP contribution >= 0.6 is 34.8 Å². The number of halogens is 3. The summed E-state index contributed by atoms with van der Waals surface area (Å²) in [7, 11) is 0. The Kier molecular flexibility index (Phi) is 8.38. The third-order valence-corrected chi connectivity index (χ3v) is 6.51. The zero-order valence-corrected chi connectivity index (χ0v) is 20.6. The summed E-state index contributed by atoms with van der Waals surface area (Å²) in [6, 6.07) is 14.7. The molecule has 10 heteroatoms. The summed E-state index contributed by atoms with van der Waals surface area (Å²) in [5, 5.41) is 21.9. The summed E-state index contributed by atoms with van der Waals surface area (Å²) in [6.45, 7) is 2.09. The molecule has 2 aromatic rings. The molecule has 7 nitrogen and oxygen atoms in total. The van der Waals surface area contributed by atoms with Crippen molar-refractivity contribution in [3.8, 4) is 0 Å². The van der Waals surface area contributed by atoms with E-state index in [0.29, 0.717) is 30.8 Å². The minimum absolute atomic E-state index is 0.0237. The van der Waals surface area contributed by atoms with Crippen molar-refractivity contribution in [3.05, 3.63) is 65.2 Å². The Morgan fingerprint density at radius 1 is 1.12 bits per heavy atom. The van der Waals surface area contributed by atoms with Gasteiger partial charge in [-0.1, -0.05) is 71.2 Å². The fourth-order valence-corrected chi connectivity index (χ4v) is 4.41. The number of benzene rings is 2. The van der Waals surface area contributed by atoms with E-state index in [1.165, 1.54) is 0 Å². The van der Waals surface area contributed by atoms with Crippen molar-refractivity contribution in [2.75, 3.05) is 25.0 Å². The molecule has 0 bridgehead atoms. The average Bonchev–Trinajstić information content (AvgIpc) is 3.23. The van der Waals surface area contributed by atoms with E-state index in [1.807, 2.05) is 30.3 Å². The Hall–Kier alpha value is -1.42. The lowest BCUT2D eigenvalue weighted by Gasteiger charge is -2.38. The number of aliphatic hydroxyl groups excluding tert-OH is 2. The molecular formula is C24H27Cl3N2O5. The van der Waals surface area contributed by atoms with E-state index in [0.717, 1.165) is 24.1 Å². The predicted molar refractivity (Wildman–Crippen MR) is 131 cm³/mol. The molecule has 3 N–H and O–H groups in total. The number of nitrogens with one attached hydrogen (secondary N) is 1. The molecule has 0 aromatic heterocycles. The fourth-order valence-electron chi connectivity index (χ4n) is 4.26. The van der Waals surface area contributed by atoms with Crippen molar-refractivity contribution >= 4 is 46.4 Å². The van der Waals surface area contributed by atoms with Gasteiger partial charge in [-0.2, -0.15) is 0 Å². The predicted octanol–water partition coefficient (Wildman–Crippen LogP) is 4.10. The van der Waals surface area contributed by atoms with Gasteiger partial charge in [-0.05, 0) is 29.7 Å². The van der Waals surface area contributed by atoms with Crippen LogP contribution in [0, 0.1) is 0 Å². The second-order valence-corrected chi connectivity index (χ2v) is 10.9. The summed E-state index contributed by atoms with van der Waals surface area (Å²) < 4.78 is 10.6. The zero-order chi connectivity index (χ0) is 24.3. The van der Waals surface area contributed by atoms with Gasteiger partial charge in [-0.15, -0.1) is 0 Å². The summed E-state index contributed by atoms with van der Waals surface area (Å²) in [6.07, 6.45) is 0.0399. The molecule has 2 fully saturated rings. The maximum atomic E-state index is 12.1. The average molecular weight is 530 g/mol. The number of β-amino-alcohol motifs (C(OH)–C–C–N with tert-alkyl or cyclic N) is 1. The number of hydrogen-bond donors (Lipinski definition) is 3. The van der Waals surface area contributed by atoms with Crippen LogP contribution in [0.2, 0.25) is 0 Å². The van der Waals surface area contributed by atoms with E-state index in [2.05, 4.69) is 10.2 Å². The van der Waals surface area contributed by atoms with Crippen LogP contribution in [0.15, 0.2) is 48.5 Å². The van der Waals surface area contributed by atoms with E-state index < -0.39 is 16.0 Å². The Labute approximate surface area is 213 Å². The van der Waals surface area contributed by atoms with Crippen molar-refractivity contribution in [3.63, 3.8) is 0 Å². The highest BCUT2D eigenvalue weighted by atomic mass is 35.6. The summed E-state index contributed by atoms with van der Waals surface area (Å²) in [5.41, 5.74) is 2.98. The van der Waals surface area contributed by atoms with Crippen LogP contribution in [-0.2, 0) is 20.9 Å². The van der Waals surface area contributed by atoms with Gasteiger partial charge >= 0.3 is 0 Å². The maximum Gasteiger partial charge on any atom is 0.276 e. The fraction of sp³-hybridized carbons (Fsp3) is 0.458. The highest BCUT2D eigenvalue weighted by molar-refractivity contribution is 6.76. The molecule has 0 spiro atoms. The number of ether oxygens (including phenoxy) is 2. The second kappa shape index (κ2) is 11.1. The molecule has 2 aromatic carbocycles. The molecule has 2 aliphatic rings. The topological polar surface area (TPSA) is 91.3 Å². The highest BCUT2D eigenvalue weighted by Crippen LogP contribution is 2.39. The minimum atomic E-state index is -2.08. The lowest BCUT2D eigenvalue weighted by atomic mass is 9.99. The summed E-state index contributed by atoms with van der Waals surface area (Å²) in [4.78, 5) is 14.3. The van der Waals surface area contributed by atoms with Gasteiger partial charge in [0.25, 0.3) is 9.70 Å².